The zero-order valence-electron chi connectivity index (χ0n) is 19.8. The molecule has 0 N–H and O–H groups in total. The molecule has 2 unspecified atom stereocenters. The summed E-state index contributed by atoms with van der Waals surface area (Å²) in [5.41, 5.74) is 2.32. The van der Waals surface area contributed by atoms with Crippen LogP contribution in [0.1, 0.15) is 32.4 Å². The first-order valence-corrected chi connectivity index (χ1v) is 11.4. The smallest absolute Gasteiger partial charge is 0.331 e. The summed E-state index contributed by atoms with van der Waals surface area (Å²) in [4.78, 5) is 26.9. The van der Waals surface area contributed by atoms with E-state index in [9.17, 15) is 4.79 Å². The number of carbonyl (C=O) groups excluding carboxylic acids is 1. The Morgan fingerprint density at radius 2 is 1.65 bits per heavy atom. The molecule has 6 nitrogen and oxygen atoms in total. The molecule has 2 heterocycles. The Morgan fingerprint density at radius 1 is 1.00 bits per heavy atom. The highest BCUT2D eigenvalue weighted by molar-refractivity contribution is 5.78. The number of hydrogen-bond donors (Lipinski definition) is 0. The molecule has 2 aromatic carbocycles. The molecular formula is C28H29N3O3. The van der Waals surface area contributed by atoms with Crippen molar-refractivity contribution in [2.75, 3.05) is 13.7 Å². The molecule has 2 atom stereocenters. The summed E-state index contributed by atoms with van der Waals surface area (Å²) < 4.78 is 11.3. The van der Waals surface area contributed by atoms with Crippen LogP contribution in [0.25, 0.3) is 22.5 Å². The van der Waals surface area contributed by atoms with Gasteiger partial charge >= 0.3 is 5.97 Å². The zero-order chi connectivity index (χ0) is 24.0. The van der Waals surface area contributed by atoms with E-state index < -0.39 is 17.1 Å². The maximum atomic E-state index is 12.1. The van der Waals surface area contributed by atoms with Crippen LogP contribution in [-0.2, 0) is 19.9 Å². The van der Waals surface area contributed by atoms with Gasteiger partial charge in [0.1, 0.15) is 17.7 Å². The summed E-state index contributed by atoms with van der Waals surface area (Å²) in [6, 6.07) is 20.0. The van der Waals surface area contributed by atoms with Gasteiger partial charge in [-0.1, -0.05) is 80.1 Å². The molecule has 0 saturated heterocycles. The Balaban J connectivity index is 1.93. The van der Waals surface area contributed by atoms with Gasteiger partial charge in [0, 0.05) is 17.3 Å². The van der Waals surface area contributed by atoms with E-state index in [-0.39, 0.29) is 6.61 Å². The number of hydrogen-bond acceptors (Lipinski definition) is 6. The van der Waals surface area contributed by atoms with E-state index in [0.29, 0.717) is 12.1 Å². The monoisotopic (exact) mass is 455 g/mol. The topological polar surface area (TPSA) is 73.7 Å². The summed E-state index contributed by atoms with van der Waals surface area (Å²) in [5.74, 6) is -0.452. The molecular weight excluding hydrogens is 426 g/mol. The van der Waals surface area contributed by atoms with E-state index in [4.69, 9.17) is 24.4 Å². The predicted octanol–water partition coefficient (Wildman–Crippen LogP) is 5.39. The third-order valence-corrected chi connectivity index (χ3v) is 6.21. The predicted molar refractivity (Wildman–Crippen MR) is 133 cm³/mol. The van der Waals surface area contributed by atoms with E-state index in [1.54, 1.807) is 12.4 Å². The summed E-state index contributed by atoms with van der Waals surface area (Å²) in [6.07, 6.45) is 8.80. The number of ether oxygens (including phenoxy) is 2. The van der Waals surface area contributed by atoms with Gasteiger partial charge in [0.25, 0.3) is 0 Å². The Hall–Kier alpha value is -3.64. The van der Waals surface area contributed by atoms with Crippen molar-refractivity contribution in [1.29, 1.82) is 0 Å². The number of esters is 1. The van der Waals surface area contributed by atoms with Gasteiger partial charge in [-0.05, 0) is 19.4 Å². The number of nitrogens with zero attached hydrogens (tertiary/aromatic N) is 3. The lowest BCUT2D eigenvalue weighted by Crippen LogP contribution is -2.50. The molecule has 0 spiro atoms. The van der Waals surface area contributed by atoms with Gasteiger partial charge in [0.05, 0.1) is 30.4 Å². The van der Waals surface area contributed by atoms with Crippen molar-refractivity contribution < 1.29 is 14.3 Å². The third kappa shape index (κ3) is 4.41. The van der Waals surface area contributed by atoms with Crippen LogP contribution in [0.5, 0.6) is 0 Å². The standard InChI is InChI=1S/C28H29N3O3/c1-4-16-28(34-20-24(32)33-3,27(2)17-11-18-30-27)23-19-29-25(21-12-7-5-8-13-21)26(31-23)22-14-9-6-10-15-22/h5-15,17-19H,4,16,20H2,1-3H3. The van der Waals surface area contributed by atoms with Crippen LogP contribution in [0.2, 0.25) is 0 Å². The molecule has 174 valence electrons. The Morgan fingerprint density at radius 3 is 2.21 bits per heavy atom. The van der Waals surface area contributed by atoms with Gasteiger partial charge < -0.3 is 9.47 Å². The highest BCUT2D eigenvalue weighted by Crippen LogP contribution is 2.45. The fraction of sp³-hybridized carbons (Fsp3) is 0.286. The largest absolute Gasteiger partial charge is 0.467 e. The maximum absolute atomic E-state index is 12.1. The minimum atomic E-state index is -1.01. The van der Waals surface area contributed by atoms with Crippen molar-refractivity contribution in [3.63, 3.8) is 0 Å². The van der Waals surface area contributed by atoms with Crippen LogP contribution >= 0.6 is 0 Å². The van der Waals surface area contributed by atoms with Crippen molar-refractivity contribution in [3.05, 3.63) is 84.7 Å². The Labute approximate surface area is 200 Å². The molecule has 1 aliphatic heterocycles. The van der Waals surface area contributed by atoms with Gasteiger partial charge in [0.15, 0.2) is 0 Å². The van der Waals surface area contributed by atoms with Gasteiger partial charge in [0.2, 0.25) is 0 Å². The first kappa shape index (κ1) is 23.5. The number of methoxy groups -OCH3 is 1. The second-order valence-electron chi connectivity index (χ2n) is 8.41. The van der Waals surface area contributed by atoms with E-state index >= 15 is 0 Å². The first-order chi connectivity index (χ1) is 16.5. The summed E-state index contributed by atoms with van der Waals surface area (Å²) in [5, 5.41) is 0. The number of aromatic nitrogens is 2. The average Bonchev–Trinajstić information content (AvgIpc) is 3.35. The van der Waals surface area contributed by atoms with E-state index in [2.05, 4.69) is 6.92 Å². The van der Waals surface area contributed by atoms with Crippen molar-refractivity contribution in [1.82, 2.24) is 9.97 Å². The molecule has 34 heavy (non-hydrogen) atoms. The molecule has 0 radical (unpaired) electrons. The Kier molecular flexibility index (Phi) is 6.98. The van der Waals surface area contributed by atoms with Crippen molar-refractivity contribution >= 4 is 12.2 Å². The summed E-state index contributed by atoms with van der Waals surface area (Å²) in [6.45, 7) is 3.86. The van der Waals surface area contributed by atoms with Gasteiger partial charge in [-0.15, -0.1) is 0 Å². The fourth-order valence-corrected chi connectivity index (χ4v) is 4.42. The number of benzene rings is 2. The molecule has 0 fully saturated rings. The number of allylic oxidation sites excluding steroid dienone is 1. The van der Waals surface area contributed by atoms with Crippen LogP contribution in [0.15, 0.2) is 84.0 Å². The highest BCUT2D eigenvalue weighted by Gasteiger charge is 2.51. The molecule has 4 rings (SSSR count). The quantitative estimate of drug-likeness (QED) is 0.404. The summed E-state index contributed by atoms with van der Waals surface area (Å²) >= 11 is 0. The first-order valence-electron chi connectivity index (χ1n) is 11.4. The molecule has 1 aliphatic rings. The van der Waals surface area contributed by atoms with E-state index in [1.807, 2.05) is 79.7 Å². The lowest BCUT2D eigenvalue weighted by atomic mass is 9.76. The lowest BCUT2D eigenvalue weighted by molar-refractivity contribution is -0.160. The summed E-state index contributed by atoms with van der Waals surface area (Å²) in [7, 11) is 1.35. The van der Waals surface area contributed by atoms with Gasteiger partial charge in [-0.25, -0.2) is 9.78 Å². The van der Waals surface area contributed by atoms with Crippen molar-refractivity contribution in [3.8, 4) is 22.5 Å². The van der Waals surface area contributed by atoms with Crippen LogP contribution in [0.4, 0.5) is 0 Å². The zero-order valence-corrected chi connectivity index (χ0v) is 19.8. The second-order valence-corrected chi connectivity index (χ2v) is 8.41. The van der Waals surface area contributed by atoms with Crippen LogP contribution in [-0.4, -0.2) is 41.4 Å². The van der Waals surface area contributed by atoms with Crippen LogP contribution in [0, 0.1) is 0 Å². The average molecular weight is 456 g/mol. The molecule has 0 saturated carbocycles. The molecule has 6 heteroatoms. The molecule has 0 amide bonds. The minimum absolute atomic E-state index is 0.210. The Bertz CT molecular complexity index is 1180. The number of rotatable bonds is 9. The maximum Gasteiger partial charge on any atom is 0.331 e. The van der Waals surface area contributed by atoms with Gasteiger partial charge in [-0.3, -0.25) is 9.98 Å². The molecule has 3 aromatic rings. The minimum Gasteiger partial charge on any atom is -0.467 e. The number of carbonyl (C=O) groups is 1. The third-order valence-electron chi connectivity index (χ3n) is 6.21. The number of aliphatic imine (C=N–C) groups is 1. The highest BCUT2D eigenvalue weighted by atomic mass is 16.6. The van der Waals surface area contributed by atoms with Crippen molar-refractivity contribution in [2.45, 2.75) is 37.8 Å². The second kappa shape index (κ2) is 10.1. The van der Waals surface area contributed by atoms with Crippen molar-refractivity contribution in [2.24, 2.45) is 4.99 Å². The van der Waals surface area contributed by atoms with Crippen LogP contribution in [0.3, 0.4) is 0 Å². The van der Waals surface area contributed by atoms with Crippen LogP contribution < -0.4 is 0 Å². The normalized spacial score (nSPS) is 18.6. The molecule has 0 bridgehead atoms. The molecule has 1 aromatic heterocycles. The van der Waals surface area contributed by atoms with Gasteiger partial charge in [-0.2, -0.15) is 0 Å². The fourth-order valence-electron chi connectivity index (χ4n) is 4.42. The van der Waals surface area contributed by atoms with E-state index in [0.717, 1.165) is 28.9 Å². The molecule has 0 aliphatic carbocycles. The lowest BCUT2D eigenvalue weighted by Gasteiger charge is -2.43. The SMILES string of the molecule is CCCC(OCC(=O)OC)(c1cnc(-c2ccccc2)c(-c2ccccc2)n1)C1(C)C=CC=N1. The van der Waals surface area contributed by atoms with E-state index in [1.165, 1.54) is 7.11 Å².